The van der Waals surface area contributed by atoms with E-state index < -0.39 is 24.8 Å². The van der Waals surface area contributed by atoms with Crippen LogP contribution in [-0.2, 0) is 11.2 Å². The van der Waals surface area contributed by atoms with Crippen molar-refractivity contribution in [2.45, 2.75) is 26.2 Å². The summed E-state index contributed by atoms with van der Waals surface area (Å²) < 4.78 is 0. The van der Waals surface area contributed by atoms with E-state index in [4.69, 9.17) is 5.11 Å². The number of para-hydroxylation sites is 1. The molecule has 114 valence electrons. The molecule has 0 radical (unpaired) electrons. The summed E-state index contributed by atoms with van der Waals surface area (Å²) in [6, 6.07) is 4.13. The van der Waals surface area contributed by atoms with Crippen LogP contribution in [0.2, 0.25) is 0 Å². The molecule has 0 fully saturated rings. The summed E-state index contributed by atoms with van der Waals surface area (Å²) in [7, 11) is -1.83. The van der Waals surface area contributed by atoms with E-state index in [-0.39, 0.29) is 29.4 Å². The molecule has 0 aliphatic carbocycles. The second-order valence-electron chi connectivity index (χ2n) is 5.01. The Morgan fingerprint density at radius 2 is 1.90 bits per heavy atom. The molecule has 1 aromatic rings. The Bertz CT molecular complexity index is 531. The average Bonchev–Trinajstić information content (AvgIpc) is 2.39. The maximum absolute atomic E-state index is 11.6. The number of aromatic carboxylic acids is 1. The number of carbonyl (C=O) groups excluding carboxylic acids is 1. The predicted molar refractivity (Wildman–Crippen MR) is 75.7 cm³/mol. The van der Waals surface area contributed by atoms with Gasteiger partial charge in [0.1, 0.15) is 11.3 Å². The van der Waals surface area contributed by atoms with Gasteiger partial charge in [-0.05, 0) is 18.1 Å². The van der Waals surface area contributed by atoms with Crippen molar-refractivity contribution in [2.75, 3.05) is 0 Å². The summed E-state index contributed by atoms with van der Waals surface area (Å²) in [5.41, 5.74) is -0.0779. The van der Waals surface area contributed by atoms with Crippen LogP contribution < -0.4 is 5.32 Å². The summed E-state index contributed by atoms with van der Waals surface area (Å²) >= 11 is 0. The molecule has 1 rings (SSSR count). The van der Waals surface area contributed by atoms with Crippen molar-refractivity contribution in [1.29, 1.82) is 0 Å². The van der Waals surface area contributed by atoms with Gasteiger partial charge in [-0.1, -0.05) is 26.0 Å². The SMILES string of the molecule is CC(C)C(=O)N[C@@H](Cc1cccc(C(=O)O)c1O)B(O)O. The van der Waals surface area contributed by atoms with Crippen LogP contribution in [0.5, 0.6) is 5.75 Å². The molecule has 0 bridgehead atoms. The standard InChI is InChI=1S/C13H18BNO6/c1-7(2)12(17)15-10(14(20)21)6-8-4-3-5-9(11(8)16)13(18)19/h3-5,7,10,16,20-21H,6H2,1-2H3,(H,15,17)(H,18,19)/t10-/m0/s1. The highest BCUT2D eigenvalue weighted by atomic mass is 16.4. The van der Waals surface area contributed by atoms with Crippen LogP contribution in [0.3, 0.4) is 0 Å². The number of hydrogen-bond acceptors (Lipinski definition) is 5. The van der Waals surface area contributed by atoms with Crippen molar-refractivity contribution >= 4 is 19.0 Å². The zero-order chi connectivity index (χ0) is 16.2. The van der Waals surface area contributed by atoms with Crippen LogP contribution in [0, 0.1) is 5.92 Å². The normalized spacial score (nSPS) is 12.0. The molecule has 0 aliphatic heterocycles. The first-order valence-electron chi connectivity index (χ1n) is 6.44. The molecule has 0 saturated carbocycles. The van der Waals surface area contributed by atoms with Crippen molar-refractivity contribution in [3.63, 3.8) is 0 Å². The third-order valence-corrected chi connectivity index (χ3v) is 3.00. The minimum Gasteiger partial charge on any atom is -0.507 e. The van der Waals surface area contributed by atoms with Gasteiger partial charge >= 0.3 is 13.1 Å². The van der Waals surface area contributed by atoms with Gasteiger partial charge in [0.2, 0.25) is 5.91 Å². The second-order valence-corrected chi connectivity index (χ2v) is 5.01. The lowest BCUT2D eigenvalue weighted by Crippen LogP contribution is -2.49. The van der Waals surface area contributed by atoms with Crippen LogP contribution in [0.15, 0.2) is 18.2 Å². The van der Waals surface area contributed by atoms with E-state index in [0.29, 0.717) is 0 Å². The van der Waals surface area contributed by atoms with Gasteiger partial charge in [0.05, 0.1) is 5.94 Å². The average molecular weight is 295 g/mol. The molecule has 5 N–H and O–H groups in total. The zero-order valence-corrected chi connectivity index (χ0v) is 11.8. The van der Waals surface area contributed by atoms with Crippen molar-refractivity contribution in [2.24, 2.45) is 5.92 Å². The highest BCUT2D eigenvalue weighted by Crippen LogP contribution is 2.24. The minimum absolute atomic E-state index is 0.108. The summed E-state index contributed by atoms with van der Waals surface area (Å²) in [5, 5.41) is 39.9. The molecule has 21 heavy (non-hydrogen) atoms. The van der Waals surface area contributed by atoms with Gasteiger partial charge in [-0.25, -0.2) is 4.79 Å². The molecule has 1 atom stereocenters. The van der Waals surface area contributed by atoms with Gasteiger partial charge in [0, 0.05) is 5.92 Å². The largest absolute Gasteiger partial charge is 0.507 e. The van der Waals surface area contributed by atoms with Crippen molar-refractivity contribution < 1.29 is 29.9 Å². The molecule has 7 nitrogen and oxygen atoms in total. The lowest BCUT2D eigenvalue weighted by molar-refractivity contribution is -0.124. The van der Waals surface area contributed by atoms with Crippen molar-refractivity contribution in [1.82, 2.24) is 5.32 Å². The summed E-state index contributed by atoms with van der Waals surface area (Å²) in [5.74, 6) is -3.50. The summed E-state index contributed by atoms with van der Waals surface area (Å²) in [6.07, 6.45) is -0.108. The van der Waals surface area contributed by atoms with E-state index in [0.717, 1.165) is 0 Å². The van der Waals surface area contributed by atoms with E-state index in [1.54, 1.807) is 13.8 Å². The summed E-state index contributed by atoms with van der Waals surface area (Å²) in [4.78, 5) is 22.6. The molecule has 0 aliphatic rings. The van der Waals surface area contributed by atoms with Crippen LogP contribution in [0.25, 0.3) is 0 Å². The Morgan fingerprint density at radius 3 is 2.38 bits per heavy atom. The van der Waals surface area contributed by atoms with E-state index in [9.17, 15) is 24.7 Å². The van der Waals surface area contributed by atoms with Crippen molar-refractivity contribution in [3.05, 3.63) is 29.3 Å². The monoisotopic (exact) mass is 295 g/mol. The van der Waals surface area contributed by atoms with Crippen LogP contribution in [0.1, 0.15) is 29.8 Å². The molecule has 1 aromatic carbocycles. The number of rotatable bonds is 6. The fraction of sp³-hybridized carbons (Fsp3) is 0.385. The van der Waals surface area contributed by atoms with Gasteiger partial charge < -0.3 is 25.6 Å². The predicted octanol–water partition coefficient (Wildman–Crippen LogP) is -0.214. The number of amides is 1. The molecule has 0 unspecified atom stereocenters. The zero-order valence-electron chi connectivity index (χ0n) is 11.8. The Labute approximate surface area is 122 Å². The smallest absolute Gasteiger partial charge is 0.475 e. The Hall–Kier alpha value is -2.06. The van der Waals surface area contributed by atoms with E-state index >= 15 is 0 Å². The molecule has 1 amide bonds. The molecule has 0 saturated heterocycles. The van der Waals surface area contributed by atoms with Crippen molar-refractivity contribution in [3.8, 4) is 5.75 Å². The first kappa shape index (κ1) is 17.0. The maximum atomic E-state index is 11.6. The van der Waals surface area contributed by atoms with Gasteiger partial charge in [0.25, 0.3) is 0 Å². The molecule has 0 spiro atoms. The molecule has 8 heteroatoms. The first-order valence-corrected chi connectivity index (χ1v) is 6.44. The second kappa shape index (κ2) is 7.10. The number of carboxylic acid groups (broad SMARTS) is 1. The number of carbonyl (C=O) groups is 2. The molecular formula is C13H18BNO6. The van der Waals surface area contributed by atoms with Crippen LogP contribution in [0.4, 0.5) is 0 Å². The lowest BCUT2D eigenvalue weighted by Gasteiger charge is -2.20. The first-order chi connectivity index (χ1) is 9.73. The van der Waals surface area contributed by atoms with Crippen LogP contribution >= 0.6 is 0 Å². The Balaban J connectivity index is 2.97. The third-order valence-electron chi connectivity index (χ3n) is 3.00. The number of hydrogen-bond donors (Lipinski definition) is 5. The molecule has 0 aromatic heterocycles. The van der Waals surface area contributed by atoms with Gasteiger partial charge in [0.15, 0.2) is 0 Å². The summed E-state index contributed by atoms with van der Waals surface area (Å²) in [6.45, 7) is 3.30. The van der Waals surface area contributed by atoms with Gasteiger partial charge in [-0.2, -0.15) is 0 Å². The van der Waals surface area contributed by atoms with E-state index in [2.05, 4.69) is 5.32 Å². The third kappa shape index (κ3) is 4.47. The Morgan fingerprint density at radius 1 is 1.29 bits per heavy atom. The molecular weight excluding hydrogens is 277 g/mol. The number of aromatic hydroxyl groups is 1. The highest BCUT2D eigenvalue weighted by molar-refractivity contribution is 6.43. The number of phenols is 1. The maximum Gasteiger partial charge on any atom is 0.475 e. The van der Waals surface area contributed by atoms with E-state index in [1.165, 1.54) is 18.2 Å². The quantitative estimate of drug-likeness (QED) is 0.462. The number of carboxylic acids is 1. The fourth-order valence-corrected chi connectivity index (χ4v) is 1.75. The Kier molecular flexibility index (Phi) is 5.74. The minimum atomic E-state index is -1.83. The van der Waals surface area contributed by atoms with Gasteiger partial charge in [-0.15, -0.1) is 0 Å². The fourth-order valence-electron chi connectivity index (χ4n) is 1.75. The number of nitrogens with one attached hydrogen (secondary N) is 1. The van der Waals surface area contributed by atoms with E-state index in [1.807, 2.05) is 0 Å². The van der Waals surface area contributed by atoms with Gasteiger partial charge in [-0.3, -0.25) is 4.79 Å². The number of benzene rings is 1. The topological polar surface area (TPSA) is 127 Å². The highest BCUT2D eigenvalue weighted by Gasteiger charge is 2.28. The lowest BCUT2D eigenvalue weighted by atomic mass is 9.75. The van der Waals surface area contributed by atoms with Crippen LogP contribution in [-0.4, -0.2) is 45.2 Å². The molecule has 0 heterocycles.